The molecule has 1 atom stereocenters. The Morgan fingerprint density at radius 2 is 1.72 bits per heavy atom. The van der Waals surface area contributed by atoms with Crippen molar-refractivity contribution in [1.29, 1.82) is 5.26 Å². The van der Waals surface area contributed by atoms with Crippen LogP contribution in [0.25, 0.3) is 11.4 Å². The first-order valence-electron chi connectivity index (χ1n) is 9.42. The van der Waals surface area contributed by atoms with Crippen LogP contribution in [-0.2, 0) is 11.6 Å². The Kier molecular flexibility index (Phi) is 6.16. The van der Waals surface area contributed by atoms with Crippen molar-refractivity contribution in [1.82, 2.24) is 30.2 Å². The zero-order valence-corrected chi connectivity index (χ0v) is 17.3. The molecule has 1 amide bonds. The summed E-state index contributed by atoms with van der Waals surface area (Å²) in [6.07, 6.45) is 2.55. The van der Waals surface area contributed by atoms with E-state index < -0.39 is 29.2 Å². The number of rotatable bonds is 5. The average molecular weight is 441 g/mol. The number of halogens is 3. The minimum absolute atomic E-state index is 0.160. The van der Waals surface area contributed by atoms with E-state index in [2.05, 4.69) is 30.2 Å². The Morgan fingerprint density at radius 1 is 1.06 bits per heavy atom. The van der Waals surface area contributed by atoms with Gasteiger partial charge in [-0.2, -0.15) is 18.4 Å². The fourth-order valence-corrected chi connectivity index (χ4v) is 2.82. The van der Waals surface area contributed by atoms with Crippen molar-refractivity contribution >= 4 is 5.91 Å². The maximum atomic E-state index is 13.4. The molecule has 1 unspecified atom stereocenters. The van der Waals surface area contributed by atoms with Gasteiger partial charge in [-0.3, -0.25) is 24.7 Å². The monoisotopic (exact) mass is 441 g/mol. The molecule has 3 heterocycles. The third kappa shape index (κ3) is 4.85. The first kappa shape index (κ1) is 22.7. The predicted octanol–water partition coefficient (Wildman–Crippen LogP) is 3.64. The van der Waals surface area contributed by atoms with Gasteiger partial charge in [0.25, 0.3) is 5.91 Å². The molecule has 3 aromatic heterocycles. The van der Waals surface area contributed by atoms with Crippen molar-refractivity contribution in [2.75, 3.05) is 0 Å². The molecule has 0 radical (unpaired) electrons. The van der Waals surface area contributed by atoms with Crippen LogP contribution < -0.4 is 5.32 Å². The van der Waals surface area contributed by atoms with Gasteiger partial charge < -0.3 is 5.32 Å². The SMILES string of the molecule is CC(NC(=O)c1cc(C(F)(F)F)nc(C(C)(C)C#N)c1)c1nccnc1-c1cnccn1. The standard InChI is InChI=1S/C21H18F3N7O/c1-12(17-18(29-7-6-28-17)14-10-26-4-5-27-14)30-19(32)13-8-15(20(2,3)11-25)31-16(9-13)21(22,23)24/h4-10,12H,1-3H3,(H,30,32). The Labute approximate surface area is 181 Å². The summed E-state index contributed by atoms with van der Waals surface area (Å²) in [4.78, 5) is 33.1. The number of carbonyl (C=O) groups excluding carboxylic acids is 1. The van der Waals surface area contributed by atoms with Crippen LogP contribution in [-0.4, -0.2) is 30.8 Å². The molecule has 0 fully saturated rings. The van der Waals surface area contributed by atoms with Crippen LogP contribution in [0.2, 0.25) is 0 Å². The number of amides is 1. The highest BCUT2D eigenvalue weighted by Crippen LogP contribution is 2.31. The van der Waals surface area contributed by atoms with Gasteiger partial charge in [-0.15, -0.1) is 0 Å². The quantitative estimate of drug-likeness (QED) is 0.642. The Morgan fingerprint density at radius 3 is 2.34 bits per heavy atom. The summed E-state index contributed by atoms with van der Waals surface area (Å²) in [6, 6.07) is 3.02. The molecule has 1 N–H and O–H groups in total. The van der Waals surface area contributed by atoms with E-state index in [0.717, 1.165) is 0 Å². The van der Waals surface area contributed by atoms with Crippen LogP contribution in [0, 0.1) is 11.3 Å². The summed E-state index contributed by atoms with van der Waals surface area (Å²) in [6.45, 7) is 4.47. The number of carbonyl (C=O) groups is 1. The van der Waals surface area contributed by atoms with Gasteiger partial charge in [-0.1, -0.05) is 0 Å². The molecule has 3 rings (SSSR count). The highest BCUT2D eigenvalue weighted by molar-refractivity contribution is 5.94. The van der Waals surface area contributed by atoms with Crippen LogP contribution in [0.15, 0.2) is 43.1 Å². The molecular weight excluding hydrogens is 423 g/mol. The number of hydrogen-bond acceptors (Lipinski definition) is 7. The predicted molar refractivity (Wildman–Crippen MR) is 107 cm³/mol. The Hall–Kier alpha value is -3.94. The molecule has 3 aromatic rings. The maximum absolute atomic E-state index is 13.4. The van der Waals surface area contributed by atoms with E-state index >= 15 is 0 Å². The molecule has 0 spiro atoms. The van der Waals surface area contributed by atoms with E-state index in [0.29, 0.717) is 23.1 Å². The summed E-state index contributed by atoms with van der Waals surface area (Å²) in [5.74, 6) is -0.781. The molecule has 11 heteroatoms. The Balaban J connectivity index is 1.96. The fraction of sp³-hybridized carbons (Fsp3) is 0.286. The number of nitriles is 1. The molecule has 8 nitrogen and oxygen atoms in total. The molecule has 0 saturated heterocycles. The number of nitrogens with one attached hydrogen (secondary N) is 1. The molecule has 0 aromatic carbocycles. The van der Waals surface area contributed by atoms with Crippen LogP contribution >= 0.6 is 0 Å². The number of pyridine rings is 1. The molecule has 0 bridgehead atoms. The molecule has 32 heavy (non-hydrogen) atoms. The first-order chi connectivity index (χ1) is 15.0. The van der Waals surface area contributed by atoms with Gasteiger partial charge >= 0.3 is 6.18 Å². The van der Waals surface area contributed by atoms with E-state index in [-0.39, 0.29) is 11.3 Å². The van der Waals surface area contributed by atoms with Gasteiger partial charge in [0.05, 0.1) is 35.1 Å². The third-order valence-corrected chi connectivity index (χ3v) is 4.59. The number of aromatic nitrogens is 5. The number of hydrogen-bond donors (Lipinski definition) is 1. The van der Waals surface area contributed by atoms with Crippen LogP contribution in [0.3, 0.4) is 0 Å². The van der Waals surface area contributed by atoms with Gasteiger partial charge in [-0.05, 0) is 32.9 Å². The molecule has 0 saturated carbocycles. The zero-order chi connectivity index (χ0) is 23.5. The normalized spacial score (nSPS) is 12.7. The van der Waals surface area contributed by atoms with E-state index in [9.17, 15) is 23.2 Å². The number of alkyl halides is 3. The van der Waals surface area contributed by atoms with Gasteiger partial charge in [0.15, 0.2) is 0 Å². The molecule has 0 aliphatic heterocycles. The number of nitrogens with zero attached hydrogens (tertiary/aromatic N) is 6. The second kappa shape index (κ2) is 8.66. The minimum Gasteiger partial charge on any atom is -0.344 e. The lowest BCUT2D eigenvalue weighted by molar-refractivity contribution is -0.141. The molecule has 0 aliphatic rings. The van der Waals surface area contributed by atoms with Gasteiger partial charge in [-0.25, -0.2) is 4.98 Å². The van der Waals surface area contributed by atoms with Crippen molar-refractivity contribution in [3.05, 3.63) is 65.8 Å². The zero-order valence-electron chi connectivity index (χ0n) is 17.3. The first-order valence-corrected chi connectivity index (χ1v) is 9.42. The summed E-state index contributed by atoms with van der Waals surface area (Å²) >= 11 is 0. The van der Waals surface area contributed by atoms with E-state index in [1.165, 1.54) is 50.9 Å². The van der Waals surface area contributed by atoms with Crippen molar-refractivity contribution in [3.8, 4) is 17.5 Å². The van der Waals surface area contributed by atoms with Crippen LogP contribution in [0.4, 0.5) is 13.2 Å². The smallest absolute Gasteiger partial charge is 0.344 e. The third-order valence-electron chi connectivity index (χ3n) is 4.59. The summed E-state index contributed by atoms with van der Waals surface area (Å²) in [5, 5.41) is 11.9. The van der Waals surface area contributed by atoms with E-state index in [1.54, 1.807) is 6.92 Å². The maximum Gasteiger partial charge on any atom is 0.433 e. The van der Waals surface area contributed by atoms with Crippen molar-refractivity contribution < 1.29 is 18.0 Å². The molecule has 164 valence electrons. The average Bonchev–Trinajstić information content (AvgIpc) is 2.78. The van der Waals surface area contributed by atoms with Gasteiger partial charge in [0, 0.05) is 30.4 Å². The molecular formula is C21H18F3N7O. The highest BCUT2D eigenvalue weighted by Gasteiger charge is 2.36. The van der Waals surface area contributed by atoms with Gasteiger partial charge in [0.2, 0.25) is 0 Å². The van der Waals surface area contributed by atoms with E-state index in [4.69, 9.17) is 0 Å². The summed E-state index contributed by atoms with van der Waals surface area (Å²) < 4.78 is 40.1. The lowest BCUT2D eigenvalue weighted by Crippen LogP contribution is -2.29. The van der Waals surface area contributed by atoms with Gasteiger partial charge in [0.1, 0.15) is 17.1 Å². The summed E-state index contributed by atoms with van der Waals surface area (Å²) in [7, 11) is 0. The topological polar surface area (TPSA) is 117 Å². The second-order valence-corrected chi connectivity index (χ2v) is 7.44. The largest absolute Gasteiger partial charge is 0.433 e. The fourth-order valence-electron chi connectivity index (χ4n) is 2.82. The van der Waals surface area contributed by atoms with Crippen LogP contribution in [0.1, 0.15) is 54.3 Å². The highest BCUT2D eigenvalue weighted by atomic mass is 19.4. The van der Waals surface area contributed by atoms with Crippen molar-refractivity contribution in [2.45, 2.75) is 38.4 Å². The van der Waals surface area contributed by atoms with E-state index in [1.807, 2.05) is 6.07 Å². The Bertz CT molecular complexity index is 1170. The van der Waals surface area contributed by atoms with Crippen molar-refractivity contribution in [3.63, 3.8) is 0 Å². The summed E-state index contributed by atoms with van der Waals surface area (Å²) in [5.41, 5.74) is -1.84. The van der Waals surface area contributed by atoms with Crippen molar-refractivity contribution in [2.24, 2.45) is 0 Å². The second-order valence-electron chi connectivity index (χ2n) is 7.44. The molecule has 0 aliphatic carbocycles. The lowest BCUT2D eigenvalue weighted by atomic mass is 9.89. The minimum atomic E-state index is -4.79. The van der Waals surface area contributed by atoms with Crippen LogP contribution in [0.5, 0.6) is 0 Å². The lowest BCUT2D eigenvalue weighted by Gasteiger charge is -2.19.